The summed E-state index contributed by atoms with van der Waals surface area (Å²) in [4.78, 5) is 6.71. The lowest BCUT2D eigenvalue weighted by atomic mass is 10.0. The van der Waals surface area contributed by atoms with Crippen molar-refractivity contribution in [3.05, 3.63) is 41.0 Å². The summed E-state index contributed by atoms with van der Waals surface area (Å²) in [5.74, 6) is 0.582. The van der Waals surface area contributed by atoms with Crippen molar-refractivity contribution >= 4 is 22.5 Å². The van der Waals surface area contributed by atoms with Crippen LogP contribution in [-0.4, -0.2) is 36.6 Å². The van der Waals surface area contributed by atoms with Crippen molar-refractivity contribution in [2.24, 2.45) is 5.92 Å². The Bertz CT molecular complexity index is 596. The summed E-state index contributed by atoms with van der Waals surface area (Å²) in [5, 5.41) is 5.43. The maximum Gasteiger partial charge on any atom is 0.0761 e. The molecule has 0 saturated heterocycles. The lowest BCUT2D eigenvalue weighted by molar-refractivity contribution is 0.288. The Hall–Kier alpha value is -1.16. The summed E-state index contributed by atoms with van der Waals surface area (Å²) < 4.78 is 0. The monoisotopic (exact) mass is 305 g/mol. The van der Waals surface area contributed by atoms with Gasteiger partial charge in [-0.1, -0.05) is 31.5 Å². The van der Waals surface area contributed by atoms with E-state index >= 15 is 0 Å². The molecule has 0 aliphatic rings. The second-order valence-electron chi connectivity index (χ2n) is 6.10. The number of benzene rings is 1. The van der Waals surface area contributed by atoms with Crippen LogP contribution >= 0.6 is 11.6 Å². The van der Waals surface area contributed by atoms with E-state index in [1.807, 2.05) is 24.4 Å². The van der Waals surface area contributed by atoms with Crippen molar-refractivity contribution in [3.8, 4) is 0 Å². The number of nitrogens with zero attached hydrogens (tertiary/aromatic N) is 2. The number of pyridine rings is 1. The van der Waals surface area contributed by atoms with Crippen LogP contribution in [0.1, 0.15) is 19.4 Å². The highest BCUT2D eigenvalue weighted by molar-refractivity contribution is 6.35. The molecule has 0 spiro atoms. The Balaban J connectivity index is 2.18. The van der Waals surface area contributed by atoms with Crippen molar-refractivity contribution in [2.75, 3.05) is 20.6 Å². The molecule has 1 heterocycles. The predicted molar refractivity (Wildman–Crippen MR) is 90.8 cm³/mol. The van der Waals surface area contributed by atoms with Gasteiger partial charge in [-0.3, -0.25) is 4.98 Å². The van der Waals surface area contributed by atoms with Gasteiger partial charge in [0.25, 0.3) is 0 Å². The molecule has 1 aromatic heterocycles. The van der Waals surface area contributed by atoms with Gasteiger partial charge in [0.1, 0.15) is 0 Å². The summed E-state index contributed by atoms with van der Waals surface area (Å²) in [6.45, 7) is 6.33. The standard InChI is InChI=1S/C17H24ClN3/c1-12(2)16(11-21(3)4)20-10-13-7-8-15(18)14-6-5-9-19-17(13)14/h5-9,12,16,20H,10-11H2,1-4H3. The first kappa shape index (κ1) is 16.2. The molecule has 1 aromatic carbocycles. The molecule has 0 aliphatic heterocycles. The summed E-state index contributed by atoms with van der Waals surface area (Å²) in [7, 11) is 4.21. The number of halogens is 1. The minimum atomic E-state index is 0.453. The molecule has 0 amide bonds. The molecule has 0 aliphatic carbocycles. The highest BCUT2D eigenvalue weighted by atomic mass is 35.5. The molecule has 114 valence electrons. The number of rotatable bonds is 6. The second kappa shape index (κ2) is 7.21. The van der Waals surface area contributed by atoms with E-state index < -0.39 is 0 Å². The van der Waals surface area contributed by atoms with Crippen LogP contribution in [0, 0.1) is 5.92 Å². The lowest BCUT2D eigenvalue weighted by Crippen LogP contribution is -2.41. The van der Waals surface area contributed by atoms with Gasteiger partial charge < -0.3 is 10.2 Å². The molecule has 0 saturated carbocycles. The van der Waals surface area contributed by atoms with E-state index in [2.05, 4.69) is 49.2 Å². The molecular formula is C17H24ClN3. The third-order valence-corrected chi connectivity index (χ3v) is 4.05. The number of hydrogen-bond donors (Lipinski definition) is 1. The van der Waals surface area contributed by atoms with Crippen molar-refractivity contribution in [2.45, 2.75) is 26.4 Å². The van der Waals surface area contributed by atoms with Gasteiger partial charge in [-0.25, -0.2) is 0 Å². The van der Waals surface area contributed by atoms with E-state index in [4.69, 9.17) is 11.6 Å². The molecule has 0 radical (unpaired) electrons. The smallest absolute Gasteiger partial charge is 0.0761 e. The molecule has 2 rings (SSSR count). The fraction of sp³-hybridized carbons (Fsp3) is 0.471. The largest absolute Gasteiger partial charge is 0.308 e. The fourth-order valence-corrected chi connectivity index (χ4v) is 2.70. The zero-order valence-corrected chi connectivity index (χ0v) is 14.0. The minimum Gasteiger partial charge on any atom is -0.308 e. The zero-order valence-electron chi connectivity index (χ0n) is 13.2. The summed E-state index contributed by atoms with van der Waals surface area (Å²) in [5.41, 5.74) is 2.18. The maximum absolute atomic E-state index is 6.24. The normalized spacial score (nSPS) is 13.3. The Morgan fingerprint density at radius 3 is 2.67 bits per heavy atom. The molecule has 1 unspecified atom stereocenters. The van der Waals surface area contributed by atoms with Crippen LogP contribution in [0.3, 0.4) is 0 Å². The van der Waals surface area contributed by atoms with Crippen LogP contribution < -0.4 is 5.32 Å². The second-order valence-corrected chi connectivity index (χ2v) is 6.51. The average molecular weight is 306 g/mol. The molecular weight excluding hydrogens is 282 g/mol. The van der Waals surface area contributed by atoms with E-state index in [-0.39, 0.29) is 0 Å². The van der Waals surface area contributed by atoms with Gasteiger partial charge in [-0.15, -0.1) is 0 Å². The van der Waals surface area contributed by atoms with Crippen LogP contribution in [0.4, 0.5) is 0 Å². The molecule has 0 bridgehead atoms. The molecule has 1 N–H and O–H groups in total. The SMILES string of the molecule is CC(C)C(CN(C)C)NCc1ccc(Cl)c2cccnc12. The van der Waals surface area contributed by atoms with Gasteiger partial charge in [0.05, 0.1) is 5.52 Å². The van der Waals surface area contributed by atoms with E-state index in [9.17, 15) is 0 Å². The van der Waals surface area contributed by atoms with Crippen molar-refractivity contribution in [1.29, 1.82) is 0 Å². The van der Waals surface area contributed by atoms with Gasteiger partial charge in [-0.05, 0) is 43.8 Å². The first-order chi connectivity index (χ1) is 9.99. The van der Waals surface area contributed by atoms with Crippen molar-refractivity contribution < 1.29 is 0 Å². The summed E-state index contributed by atoms with van der Waals surface area (Å²) in [6, 6.07) is 8.42. The van der Waals surface area contributed by atoms with E-state index in [1.54, 1.807) is 0 Å². The Kier molecular flexibility index (Phi) is 5.57. The van der Waals surface area contributed by atoms with Gasteiger partial charge in [-0.2, -0.15) is 0 Å². The number of hydrogen-bond acceptors (Lipinski definition) is 3. The Labute approximate surface area is 132 Å². The predicted octanol–water partition coefficient (Wildman–Crippen LogP) is 3.56. The lowest BCUT2D eigenvalue weighted by Gasteiger charge is -2.26. The first-order valence-corrected chi connectivity index (χ1v) is 7.77. The van der Waals surface area contributed by atoms with Gasteiger partial charge in [0.15, 0.2) is 0 Å². The van der Waals surface area contributed by atoms with Crippen LogP contribution in [0.5, 0.6) is 0 Å². The summed E-state index contributed by atoms with van der Waals surface area (Å²) >= 11 is 6.24. The highest BCUT2D eigenvalue weighted by Crippen LogP contribution is 2.24. The quantitative estimate of drug-likeness (QED) is 0.884. The number of nitrogens with one attached hydrogen (secondary N) is 1. The number of aromatic nitrogens is 1. The van der Waals surface area contributed by atoms with Crippen LogP contribution in [0.25, 0.3) is 10.9 Å². The summed E-state index contributed by atoms with van der Waals surface area (Å²) in [6.07, 6.45) is 1.82. The maximum atomic E-state index is 6.24. The highest BCUT2D eigenvalue weighted by Gasteiger charge is 2.14. The third-order valence-electron chi connectivity index (χ3n) is 3.72. The average Bonchev–Trinajstić information content (AvgIpc) is 2.45. The third kappa shape index (κ3) is 4.16. The first-order valence-electron chi connectivity index (χ1n) is 7.39. The van der Waals surface area contributed by atoms with Gasteiger partial charge >= 0.3 is 0 Å². The Morgan fingerprint density at radius 2 is 2.00 bits per heavy atom. The van der Waals surface area contributed by atoms with E-state index in [0.29, 0.717) is 12.0 Å². The minimum absolute atomic E-state index is 0.453. The Morgan fingerprint density at radius 1 is 1.24 bits per heavy atom. The molecule has 3 nitrogen and oxygen atoms in total. The van der Waals surface area contributed by atoms with Gasteiger partial charge in [0, 0.05) is 35.7 Å². The van der Waals surface area contributed by atoms with E-state index in [1.165, 1.54) is 5.56 Å². The van der Waals surface area contributed by atoms with Crippen molar-refractivity contribution in [1.82, 2.24) is 15.2 Å². The zero-order chi connectivity index (χ0) is 15.4. The number of fused-ring (bicyclic) bond motifs is 1. The van der Waals surface area contributed by atoms with Crippen LogP contribution in [0.15, 0.2) is 30.5 Å². The molecule has 21 heavy (non-hydrogen) atoms. The molecule has 2 aromatic rings. The molecule has 1 atom stereocenters. The fourth-order valence-electron chi connectivity index (χ4n) is 2.48. The van der Waals surface area contributed by atoms with E-state index in [0.717, 1.165) is 29.0 Å². The van der Waals surface area contributed by atoms with Crippen LogP contribution in [-0.2, 0) is 6.54 Å². The topological polar surface area (TPSA) is 28.2 Å². The van der Waals surface area contributed by atoms with Crippen molar-refractivity contribution in [3.63, 3.8) is 0 Å². The number of likely N-dealkylation sites (N-methyl/N-ethyl adjacent to an activating group) is 1. The van der Waals surface area contributed by atoms with Gasteiger partial charge in [0.2, 0.25) is 0 Å². The molecule has 0 fully saturated rings. The van der Waals surface area contributed by atoms with Crippen LogP contribution in [0.2, 0.25) is 5.02 Å². The molecule has 4 heteroatoms.